The van der Waals surface area contributed by atoms with Crippen LogP contribution in [-0.2, 0) is 0 Å². The van der Waals surface area contributed by atoms with Crippen LogP contribution in [0.25, 0.3) is 5.57 Å². The van der Waals surface area contributed by atoms with E-state index < -0.39 is 0 Å². The Labute approximate surface area is 106 Å². The highest BCUT2D eigenvalue weighted by Crippen LogP contribution is 2.33. The lowest BCUT2D eigenvalue weighted by molar-refractivity contribution is 0.100. The molecule has 3 nitrogen and oxygen atoms in total. The molecule has 2 heterocycles. The number of hydrogen-bond acceptors (Lipinski definition) is 3. The third-order valence-corrected chi connectivity index (χ3v) is 4.17. The molecule has 92 valence electrons. The average molecular weight is 250 g/mol. The minimum atomic E-state index is -0.318. The highest BCUT2D eigenvalue weighted by Gasteiger charge is 2.17. The third kappa shape index (κ3) is 2.58. The first-order valence-corrected chi connectivity index (χ1v) is 6.91. The number of thiophene rings is 1. The molecule has 0 radical (unpaired) electrons. The lowest BCUT2D eigenvalue weighted by Gasteiger charge is -2.19. The number of amides is 1. The highest BCUT2D eigenvalue weighted by atomic mass is 32.1. The first kappa shape index (κ1) is 12.3. The Morgan fingerprint density at radius 3 is 2.76 bits per heavy atom. The largest absolute Gasteiger partial charge is 0.366 e. The molecule has 3 N–H and O–H groups in total. The number of primary amides is 1. The molecule has 0 aromatic carbocycles. The van der Waals surface area contributed by atoms with Gasteiger partial charge in [0.05, 0.1) is 5.56 Å². The third-order valence-electron chi connectivity index (χ3n) is 3.19. The summed E-state index contributed by atoms with van der Waals surface area (Å²) in [7, 11) is 0. The van der Waals surface area contributed by atoms with Crippen molar-refractivity contribution in [1.29, 1.82) is 0 Å². The van der Waals surface area contributed by atoms with Crippen molar-refractivity contribution in [2.75, 3.05) is 13.1 Å². The number of allylic oxidation sites excluding steroid dienone is 1. The number of piperidine rings is 1. The first-order chi connectivity index (χ1) is 8.24. The van der Waals surface area contributed by atoms with Gasteiger partial charge in [-0.15, -0.1) is 11.3 Å². The smallest absolute Gasteiger partial charge is 0.250 e. The van der Waals surface area contributed by atoms with E-state index in [0.717, 1.165) is 37.2 Å². The second-order valence-corrected chi connectivity index (χ2v) is 5.13. The van der Waals surface area contributed by atoms with Crippen LogP contribution < -0.4 is 11.1 Å². The Hall–Kier alpha value is -1.13. The summed E-state index contributed by atoms with van der Waals surface area (Å²) in [5.41, 5.74) is 8.90. The molecule has 17 heavy (non-hydrogen) atoms. The fourth-order valence-electron chi connectivity index (χ4n) is 2.34. The van der Waals surface area contributed by atoms with Crippen molar-refractivity contribution in [3.05, 3.63) is 27.5 Å². The number of carbonyl (C=O) groups excluding carboxylic acids is 1. The number of nitrogens with one attached hydrogen (secondary N) is 1. The van der Waals surface area contributed by atoms with Gasteiger partial charge < -0.3 is 11.1 Å². The second kappa shape index (κ2) is 5.47. The molecule has 0 aliphatic carbocycles. The molecule has 1 saturated heterocycles. The van der Waals surface area contributed by atoms with Gasteiger partial charge >= 0.3 is 0 Å². The van der Waals surface area contributed by atoms with Crippen molar-refractivity contribution in [3.63, 3.8) is 0 Å². The highest BCUT2D eigenvalue weighted by molar-refractivity contribution is 7.11. The number of nitrogens with two attached hydrogens (primary N) is 1. The Morgan fingerprint density at radius 2 is 2.18 bits per heavy atom. The van der Waals surface area contributed by atoms with Crippen molar-refractivity contribution in [1.82, 2.24) is 5.32 Å². The SMILES string of the molecule is CCC(=C1CCNCC1)c1sccc1C(N)=O. The van der Waals surface area contributed by atoms with E-state index in [4.69, 9.17) is 5.73 Å². The summed E-state index contributed by atoms with van der Waals surface area (Å²) in [6.07, 6.45) is 3.13. The Bertz CT molecular complexity index is 440. The fourth-order valence-corrected chi connectivity index (χ4v) is 3.41. The van der Waals surface area contributed by atoms with E-state index in [-0.39, 0.29) is 5.91 Å². The molecule has 1 aliphatic heterocycles. The topological polar surface area (TPSA) is 55.1 Å². The summed E-state index contributed by atoms with van der Waals surface area (Å²) in [6.45, 7) is 4.22. The van der Waals surface area contributed by atoms with E-state index in [1.807, 2.05) is 11.4 Å². The van der Waals surface area contributed by atoms with Crippen LogP contribution in [0.2, 0.25) is 0 Å². The van der Waals surface area contributed by atoms with Crippen molar-refractivity contribution in [2.45, 2.75) is 26.2 Å². The van der Waals surface area contributed by atoms with Gasteiger partial charge in [-0.2, -0.15) is 0 Å². The minimum Gasteiger partial charge on any atom is -0.366 e. The summed E-state index contributed by atoms with van der Waals surface area (Å²) in [5.74, 6) is -0.318. The van der Waals surface area contributed by atoms with E-state index in [0.29, 0.717) is 5.56 Å². The van der Waals surface area contributed by atoms with Gasteiger partial charge in [-0.1, -0.05) is 12.5 Å². The summed E-state index contributed by atoms with van der Waals surface area (Å²) in [5, 5.41) is 5.31. The maximum absolute atomic E-state index is 11.4. The van der Waals surface area contributed by atoms with E-state index in [9.17, 15) is 4.79 Å². The van der Waals surface area contributed by atoms with E-state index in [1.165, 1.54) is 11.1 Å². The monoisotopic (exact) mass is 250 g/mol. The maximum atomic E-state index is 11.4. The zero-order valence-corrected chi connectivity index (χ0v) is 10.9. The first-order valence-electron chi connectivity index (χ1n) is 6.03. The summed E-state index contributed by atoms with van der Waals surface area (Å²) < 4.78 is 0. The standard InChI is InChI=1S/C13H18N2OS/c1-2-10(9-3-6-15-7-4-9)12-11(13(14)16)5-8-17-12/h5,8,15H,2-4,6-7H2,1H3,(H2,14,16). The molecule has 0 unspecified atom stereocenters. The molecule has 0 bridgehead atoms. The lowest BCUT2D eigenvalue weighted by atomic mass is 9.94. The van der Waals surface area contributed by atoms with Gasteiger partial charge in [0.25, 0.3) is 0 Å². The second-order valence-electron chi connectivity index (χ2n) is 4.21. The van der Waals surface area contributed by atoms with Gasteiger partial charge in [0.2, 0.25) is 5.91 Å². The zero-order chi connectivity index (χ0) is 12.3. The van der Waals surface area contributed by atoms with Gasteiger partial charge in [-0.25, -0.2) is 0 Å². The molecule has 0 atom stereocenters. The van der Waals surface area contributed by atoms with Crippen LogP contribution in [0.1, 0.15) is 41.4 Å². The molecule has 1 aromatic heterocycles. The van der Waals surface area contributed by atoms with Gasteiger partial charge in [0.1, 0.15) is 0 Å². The number of carbonyl (C=O) groups is 1. The van der Waals surface area contributed by atoms with E-state index in [1.54, 1.807) is 11.3 Å². The summed E-state index contributed by atoms with van der Waals surface area (Å²) >= 11 is 1.63. The van der Waals surface area contributed by atoms with Crippen molar-refractivity contribution >= 4 is 22.8 Å². The predicted octanol–water partition coefficient (Wildman–Crippen LogP) is 2.39. The summed E-state index contributed by atoms with van der Waals surface area (Å²) in [4.78, 5) is 12.5. The van der Waals surface area contributed by atoms with Crippen LogP contribution in [0.5, 0.6) is 0 Å². The van der Waals surface area contributed by atoms with Gasteiger partial charge in [0.15, 0.2) is 0 Å². The average Bonchev–Trinajstić information content (AvgIpc) is 2.81. The number of rotatable bonds is 3. The Balaban J connectivity index is 2.40. The molecule has 1 aliphatic rings. The van der Waals surface area contributed by atoms with Gasteiger partial charge in [-0.3, -0.25) is 4.79 Å². The van der Waals surface area contributed by atoms with Crippen LogP contribution in [0.4, 0.5) is 0 Å². The molecule has 1 amide bonds. The van der Waals surface area contributed by atoms with Crippen molar-refractivity contribution < 1.29 is 4.79 Å². The van der Waals surface area contributed by atoms with Crippen LogP contribution in [0.3, 0.4) is 0 Å². The molecule has 1 fully saturated rings. The molecular formula is C13H18N2OS. The molecular weight excluding hydrogens is 232 g/mol. The van der Waals surface area contributed by atoms with Gasteiger partial charge in [-0.05, 0) is 49.4 Å². The number of hydrogen-bond donors (Lipinski definition) is 2. The van der Waals surface area contributed by atoms with Crippen LogP contribution >= 0.6 is 11.3 Å². The minimum absolute atomic E-state index is 0.318. The van der Waals surface area contributed by atoms with Crippen molar-refractivity contribution in [3.8, 4) is 0 Å². The molecule has 1 aromatic rings. The molecule has 0 spiro atoms. The van der Waals surface area contributed by atoms with Gasteiger partial charge in [0, 0.05) is 4.88 Å². The van der Waals surface area contributed by atoms with E-state index >= 15 is 0 Å². The summed E-state index contributed by atoms with van der Waals surface area (Å²) in [6, 6.07) is 1.83. The van der Waals surface area contributed by atoms with Crippen molar-refractivity contribution in [2.24, 2.45) is 5.73 Å². The van der Waals surface area contributed by atoms with Crippen LogP contribution in [0.15, 0.2) is 17.0 Å². The molecule has 4 heteroatoms. The van der Waals surface area contributed by atoms with E-state index in [2.05, 4.69) is 12.2 Å². The van der Waals surface area contributed by atoms with Crippen LogP contribution in [-0.4, -0.2) is 19.0 Å². The fraction of sp³-hybridized carbons (Fsp3) is 0.462. The Kier molecular flexibility index (Phi) is 3.97. The molecule has 2 rings (SSSR count). The molecule has 0 saturated carbocycles. The Morgan fingerprint density at radius 1 is 1.47 bits per heavy atom. The quantitative estimate of drug-likeness (QED) is 0.865. The lowest BCUT2D eigenvalue weighted by Crippen LogP contribution is -2.23. The predicted molar refractivity (Wildman–Crippen MR) is 72.2 cm³/mol. The maximum Gasteiger partial charge on any atom is 0.250 e. The normalized spacial score (nSPS) is 15.9. The zero-order valence-electron chi connectivity index (χ0n) is 10.1. The van der Waals surface area contributed by atoms with Crippen LogP contribution in [0, 0.1) is 0 Å².